The van der Waals surface area contributed by atoms with Crippen LogP contribution in [0, 0.1) is 0 Å². The van der Waals surface area contributed by atoms with E-state index in [0.717, 1.165) is 23.1 Å². The Hall–Kier alpha value is -1.24. The zero-order valence-corrected chi connectivity index (χ0v) is 11.9. The normalized spacial score (nSPS) is 19.5. The number of morpholine rings is 1. The van der Waals surface area contributed by atoms with E-state index in [1.807, 2.05) is 24.3 Å². The Morgan fingerprint density at radius 3 is 2.89 bits per heavy atom. The minimum atomic E-state index is -0.101. The van der Waals surface area contributed by atoms with Crippen LogP contribution in [0.2, 0.25) is 0 Å². The lowest BCUT2D eigenvalue weighted by Crippen LogP contribution is -2.33. The third-order valence-electron chi connectivity index (χ3n) is 2.97. The highest BCUT2D eigenvalue weighted by Crippen LogP contribution is 2.17. The van der Waals surface area contributed by atoms with Crippen LogP contribution in [0.4, 0.5) is 0 Å². The van der Waals surface area contributed by atoms with Crippen molar-refractivity contribution in [3.8, 4) is 0 Å². The Kier molecular flexibility index (Phi) is 3.91. The fourth-order valence-electron chi connectivity index (χ4n) is 1.98. The zero-order valence-electron chi connectivity index (χ0n) is 10.3. The quantitative estimate of drug-likeness (QED) is 0.937. The summed E-state index contributed by atoms with van der Waals surface area (Å²) in [6.45, 7) is 2.29. The molecule has 0 radical (unpaired) electrons. The average Bonchev–Trinajstić information content (AvgIpc) is 2.91. The second-order valence-corrected chi connectivity index (χ2v) is 5.33. The zero-order chi connectivity index (χ0) is 13.1. The van der Waals surface area contributed by atoms with E-state index < -0.39 is 0 Å². The summed E-state index contributed by atoms with van der Waals surface area (Å²) < 4.78 is 11.9. The summed E-state index contributed by atoms with van der Waals surface area (Å²) in [6, 6.07) is 8.07. The predicted molar refractivity (Wildman–Crippen MR) is 72.8 cm³/mol. The maximum Gasteiger partial charge on any atom is 0.231 e. The van der Waals surface area contributed by atoms with Crippen molar-refractivity contribution >= 4 is 15.9 Å². The molecule has 1 atom stereocenters. The third kappa shape index (κ3) is 3.20. The number of rotatable bonds is 3. The van der Waals surface area contributed by atoms with E-state index in [0.29, 0.717) is 24.7 Å². The van der Waals surface area contributed by atoms with Crippen molar-refractivity contribution in [3.05, 3.63) is 46.0 Å². The molecular formula is C13H14BrN3O2. The first-order chi connectivity index (χ1) is 9.31. The van der Waals surface area contributed by atoms with Gasteiger partial charge in [-0.1, -0.05) is 33.2 Å². The molecule has 2 heterocycles. The van der Waals surface area contributed by atoms with Gasteiger partial charge >= 0.3 is 0 Å². The first-order valence-corrected chi connectivity index (χ1v) is 7.00. The average molecular weight is 324 g/mol. The van der Waals surface area contributed by atoms with Gasteiger partial charge in [0.05, 0.1) is 13.0 Å². The Morgan fingerprint density at radius 1 is 1.32 bits per heavy atom. The standard InChI is InChI=1S/C13H14BrN3O2/c14-10-3-1-9(2-4-10)7-12-16-13(17-19-12)11-8-15-5-6-18-11/h1-4,11,15H,5-8H2. The minimum absolute atomic E-state index is 0.101. The highest BCUT2D eigenvalue weighted by molar-refractivity contribution is 9.10. The lowest BCUT2D eigenvalue weighted by atomic mass is 10.1. The second kappa shape index (κ2) is 5.81. The predicted octanol–water partition coefficient (Wildman–Crippen LogP) is 2.08. The number of benzene rings is 1. The minimum Gasteiger partial charge on any atom is -0.367 e. The van der Waals surface area contributed by atoms with E-state index in [4.69, 9.17) is 9.26 Å². The van der Waals surface area contributed by atoms with Crippen LogP contribution >= 0.6 is 15.9 Å². The monoisotopic (exact) mass is 323 g/mol. The van der Waals surface area contributed by atoms with Crippen LogP contribution in [0.1, 0.15) is 23.4 Å². The summed E-state index contributed by atoms with van der Waals surface area (Å²) in [7, 11) is 0. The van der Waals surface area contributed by atoms with Crippen molar-refractivity contribution in [1.82, 2.24) is 15.5 Å². The van der Waals surface area contributed by atoms with E-state index in [-0.39, 0.29) is 6.10 Å². The smallest absolute Gasteiger partial charge is 0.231 e. The summed E-state index contributed by atoms with van der Waals surface area (Å²) in [5, 5.41) is 7.24. The molecule has 1 aromatic carbocycles. The molecule has 0 amide bonds. The molecule has 0 aliphatic carbocycles. The van der Waals surface area contributed by atoms with Gasteiger partial charge in [0.25, 0.3) is 0 Å². The highest BCUT2D eigenvalue weighted by Gasteiger charge is 2.21. The maximum absolute atomic E-state index is 5.59. The van der Waals surface area contributed by atoms with Gasteiger partial charge in [-0.15, -0.1) is 0 Å². The van der Waals surface area contributed by atoms with Gasteiger partial charge in [-0.25, -0.2) is 0 Å². The molecule has 5 nitrogen and oxygen atoms in total. The SMILES string of the molecule is Brc1ccc(Cc2nc(C3CNCCO3)no2)cc1. The number of aromatic nitrogens is 2. The second-order valence-electron chi connectivity index (χ2n) is 4.41. The van der Waals surface area contributed by atoms with Crippen LogP contribution in [-0.4, -0.2) is 29.8 Å². The third-order valence-corrected chi connectivity index (χ3v) is 3.50. The lowest BCUT2D eigenvalue weighted by Gasteiger charge is -2.20. The van der Waals surface area contributed by atoms with Crippen molar-refractivity contribution in [2.24, 2.45) is 0 Å². The summed E-state index contributed by atoms with van der Waals surface area (Å²) in [6.07, 6.45) is 0.539. The molecule has 0 saturated carbocycles. The van der Waals surface area contributed by atoms with Crippen molar-refractivity contribution in [1.29, 1.82) is 0 Å². The molecule has 1 aromatic heterocycles. The van der Waals surface area contributed by atoms with Gasteiger partial charge in [0.1, 0.15) is 6.10 Å². The maximum atomic E-state index is 5.59. The van der Waals surface area contributed by atoms with Gasteiger partial charge in [-0.2, -0.15) is 4.98 Å². The topological polar surface area (TPSA) is 60.2 Å². The molecule has 19 heavy (non-hydrogen) atoms. The molecule has 0 bridgehead atoms. The van der Waals surface area contributed by atoms with Crippen LogP contribution in [-0.2, 0) is 11.2 Å². The molecule has 1 unspecified atom stereocenters. The highest BCUT2D eigenvalue weighted by atomic mass is 79.9. The van der Waals surface area contributed by atoms with Gasteiger partial charge in [-0.3, -0.25) is 0 Å². The molecular weight excluding hydrogens is 310 g/mol. The molecule has 1 aliphatic heterocycles. The number of hydrogen-bond donors (Lipinski definition) is 1. The molecule has 1 saturated heterocycles. The number of halogens is 1. The summed E-state index contributed by atoms with van der Waals surface area (Å²) in [5.74, 6) is 1.24. The van der Waals surface area contributed by atoms with Gasteiger partial charge < -0.3 is 14.6 Å². The first kappa shape index (κ1) is 12.8. The Balaban J connectivity index is 1.68. The number of nitrogens with one attached hydrogen (secondary N) is 1. The van der Waals surface area contributed by atoms with Gasteiger partial charge in [0.2, 0.25) is 11.7 Å². The van der Waals surface area contributed by atoms with Crippen molar-refractivity contribution < 1.29 is 9.26 Å². The van der Waals surface area contributed by atoms with E-state index in [1.54, 1.807) is 0 Å². The summed E-state index contributed by atoms with van der Waals surface area (Å²) in [5.41, 5.74) is 1.14. The summed E-state index contributed by atoms with van der Waals surface area (Å²) >= 11 is 3.41. The molecule has 6 heteroatoms. The van der Waals surface area contributed by atoms with E-state index in [9.17, 15) is 0 Å². The summed E-state index contributed by atoms with van der Waals surface area (Å²) in [4.78, 5) is 4.40. The van der Waals surface area contributed by atoms with Crippen molar-refractivity contribution in [2.45, 2.75) is 12.5 Å². The molecule has 1 fully saturated rings. The number of ether oxygens (including phenoxy) is 1. The Bertz CT molecular complexity index is 535. The largest absolute Gasteiger partial charge is 0.367 e. The van der Waals surface area contributed by atoms with Gasteiger partial charge in [-0.05, 0) is 17.7 Å². The van der Waals surface area contributed by atoms with Gasteiger partial charge in [0.15, 0.2) is 0 Å². The van der Waals surface area contributed by atoms with Crippen LogP contribution in [0.3, 0.4) is 0 Å². The molecule has 1 N–H and O–H groups in total. The van der Waals surface area contributed by atoms with Crippen LogP contribution in [0.25, 0.3) is 0 Å². The molecule has 3 rings (SSSR count). The fourth-order valence-corrected chi connectivity index (χ4v) is 2.24. The van der Waals surface area contributed by atoms with Crippen LogP contribution < -0.4 is 5.32 Å². The van der Waals surface area contributed by atoms with Crippen LogP contribution in [0.15, 0.2) is 33.3 Å². The Labute approximate surface area is 119 Å². The fraction of sp³-hybridized carbons (Fsp3) is 0.385. The van der Waals surface area contributed by atoms with Crippen molar-refractivity contribution in [2.75, 3.05) is 19.7 Å². The number of hydrogen-bond acceptors (Lipinski definition) is 5. The first-order valence-electron chi connectivity index (χ1n) is 6.20. The lowest BCUT2D eigenvalue weighted by molar-refractivity contribution is 0.0208. The van der Waals surface area contributed by atoms with E-state index in [1.165, 1.54) is 0 Å². The van der Waals surface area contributed by atoms with E-state index >= 15 is 0 Å². The van der Waals surface area contributed by atoms with Gasteiger partial charge in [0, 0.05) is 17.6 Å². The molecule has 100 valence electrons. The Morgan fingerprint density at radius 2 is 2.16 bits per heavy atom. The molecule has 0 spiro atoms. The van der Waals surface area contributed by atoms with Crippen LogP contribution in [0.5, 0.6) is 0 Å². The van der Waals surface area contributed by atoms with E-state index in [2.05, 4.69) is 31.4 Å². The number of nitrogens with zero attached hydrogens (tertiary/aromatic N) is 2. The molecule has 1 aliphatic rings. The molecule has 2 aromatic rings. The van der Waals surface area contributed by atoms with Crippen molar-refractivity contribution in [3.63, 3.8) is 0 Å².